The number of nitrogens with zero attached hydrogens (tertiary/aromatic N) is 4. The predicted molar refractivity (Wildman–Crippen MR) is 74.6 cm³/mol. The molecule has 3 heterocycles. The van der Waals surface area contributed by atoms with Gasteiger partial charge in [-0.2, -0.15) is 0 Å². The summed E-state index contributed by atoms with van der Waals surface area (Å²) in [6.45, 7) is 3.10. The van der Waals surface area contributed by atoms with Crippen LogP contribution in [0.25, 0.3) is 0 Å². The van der Waals surface area contributed by atoms with Gasteiger partial charge in [-0.25, -0.2) is 9.78 Å². The van der Waals surface area contributed by atoms with Crippen molar-refractivity contribution in [2.24, 2.45) is 0 Å². The molecule has 112 valence electrons. The molecule has 3 aliphatic rings. The molecule has 0 atom stereocenters. The minimum absolute atomic E-state index is 0.129. The summed E-state index contributed by atoms with van der Waals surface area (Å²) in [5.41, 5.74) is 2.54. The molecule has 1 aromatic rings. The largest absolute Gasteiger partial charge is 0.331 e. The number of rotatable bonds is 4. The normalized spacial score (nSPS) is 22.6. The van der Waals surface area contributed by atoms with E-state index in [4.69, 9.17) is 0 Å². The summed E-state index contributed by atoms with van der Waals surface area (Å²) in [6, 6.07) is 0.412. The smallest absolute Gasteiger partial charge is 0.324 e. The number of carbonyl (C=O) groups is 2. The van der Waals surface area contributed by atoms with Crippen molar-refractivity contribution < 1.29 is 9.59 Å². The number of urea groups is 1. The van der Waals surface area contributed by atoms with Gasteiger partial charge >= 0.3 is 6.03 Å². The second-order valence-electron chi connectivity index (χ2n) is 6.01. The quantitative estimate of drug-likeness (QED) is 0.800. The van der Waals surface area contributed by atoms with E-state index in [1.807, 2.05) is 6.33 Å². The van der Waals surface area contributed by atoms with E-state index in [9.17, 15) is 9.59 Å². The third-order valence-corrected chi connectivity index (χ3v) is 4.54. The molecule has 1 N–H and O–H groups in total. The van der Waals surface area contributed by atoms with Gasteiger partial charge in [-0.15, -0.1) is 0 Å². The molecular weight excluding hydrogens is 270 g/mol. The number of amides is 3. The first-order valence-electron chi connectivity index (χ1n) is 7.57. The fourth-order valence-electron chi connectivity index (χ4n) is 3.17. The molecule has 7 heteroatoms. The van der Waals surface area contributed by atoms with Gasteiger partial charge in [0.15, 0.2) is 0 Å². The lowest BCUT2D eigenvalue weighted by Gasteiger charge is -2.28. The minimum atomic E-state index is -0.268. The highest BCUT2D eigenvalue weighted by molar-refractivity contribution is 6.01. The highest BCUT2D eigenvalue weighted by Crippen LogP contribution is 2.37. The zero-order valence-electron chi connectivity index (χ0n) is 11.9. The van der Waals surface area contributed by atoms with Gasteiger partial charge in [0.05, 0.1) is 18.6 Å². The maximum atomic E-state index is 11.5. The second kappa shape index (κ2) is 4.84. The molecule has 0 spiro atoms. The van der Waals surface area contributed by atoms with Crippen LogP contribution in [-0.4, -0.2) is 57.5 Å². The molecular formula is C14H19N5O2. The first kappa shape index (κ1) is 12.8. The van der Waals surface area contributed by atoms with Crippen LogP contribution in [0.5, 0.6) is 0 Å². The van der Waals surface area contributed by atoms with Crippen LogP contribution in [0.2, 0.25) is 0 Å². The number of hydrogen-bond donors (Lipinski definition) is 1. The second-order valence-corrected chi connectivity index (χ2v) is 6.01. The molecule has 21 heavy (non-hydrogen) atoms. The van der Waals surface area contributed by atoms with E-state index in [0.29, 0.717) is 12.6 Å². The summed E-state index contributed by atoms with van der Waals surface area (Å²) in [5, 5.41) is 2.55. The summed E-state index contributed by atoms with van der Waals surface area (Å²) in [7, 11) is 0. The summed E-state index contributed by atoms with van der Waals surface area (Å²) < 4.78 is 2.34. The first-order valence-corrected chi connectivity index (χ1v) is 7.57. The lowest BCUT2D eigenvalue weighted by molar-refractivity contribution is -0.125. The Morgan fingerprint density at radius 2 is 2.14 bits per heavy atom. The minimum Gasteiger partial charge on any atom is -0.331 e. The summed E-state index contributed by atoms with van der Waals surface area (Å²) in [5.74, 6) is -0.129. The van der Waals surface area contributed by atoms with Crippen molar-refractivity contribution in [1.82, 2.24) is 24.7 Å². The molecule has 2 aliphatic heterocycles. The Kier molecular flexibility index (Phi) is 2.95. The third kappa shape index (κ3) is 2.31. The number of carbonyl (C=O) groups excluding carboxylic acids is 2. The SMILES string of the molecule is O=C1CNC(=O)N1CCN1CCc2c(ncn2C2CC2)C1. The number of fused-ring (bicyclic) bond motifs is 1. The molecule has 1 saturated carbocycles. The fourth-order valence-corrected chi connectivity index (χ4v) is 3.17. The molecule has 4 rings (SSSR count). The molecule has 7 nitrogen and oxygen atoms in total. The van der Waals surface area contributed by atoms with Gasteiger partial charge in [0.25, 0.3) is 0 Å². The Balaban J connectivity index is 1.37. The van der Waals surface area contributed by atoms with Crippen molar-refractivity contribution in [1.29, 1.82) is 0 Å². The molecule has 3 amide bonds. The zero-order valence-corrected chi connectivity index (χ0v) is 11.9. The van der Waals surface area contributed by atoms with Crippen molar-refractivity contribution in [3.8, 4) is 0 Å². The monoisotopic (exact) mass is 289 g/mol. The van der Waals surface area contributed by atoms with Gasteiger partial charge in [0, 0.05) is 44.3 Å². The van der Waals surface area contributed by atoms with Crippen LogP contribution < -0.4 is 5.32 Å². The van der Waals surface area contributed by atoms with Crippen LogP contribution in [0, 0.1) is 0 Å². The Hall–Kier alpha value is -1.89. The van der Waals surface area contributed by atoms with Crippen molar-refractivity contribution in [2.45, 2.75) is 31.8 Å². The summed E-state index contributed by atoms with van der Waals surface area (Å²) in [4.78, 5) is 31.2. The molecule has 1 aliphatic carbocycles. The van der Waals surface area contributed by atoms with E-state index in [0.717, 1.165) is 31.7 Å². The number of hydrogen-bond acceptors (Lipinski definition) is 4. The lowest BCUT2D eigenvalue weighted by atomic mass is 10.1. The van der Waals surface area contributed by atoms with E-state index in [1.165, 1.54) is 23.4 Å². The average molecular weight is 289 g/mol. The van der Waals surface area contributed by atoms with E-state index in [1.54, 1.807) is 0 Å². The van der Waals surface area contributed by atoms with Gasteiger partial charge in [0.1, 0.15) is 0 Å². The van der Waals surface area contributed by atoms with Gasteiger partial charge in [0.2, 0.25) is 5.91 Å². The van der Waals surface area contributed by atoms with Crippen LogP contribution in [0.4, 0.5) is 4.79 Å². The summed E-state index contributed by atoms with van der Waals surface area (Å²) in [6.07, 6.45) is 5.53. The molecule has 0 aromatic carbocycles. The van der Waals surface area contributed by atoms with Crippen LogP contribution in [0.1, 0.15) is 30.3 Å². The fraction of sp³-hybridized carbons (Fsp3) is 0.643. The van der Waals surface area contributed by atoms with E-state index in [-0.39, 0.29) is 18.5 Å². The molecule has 0 radical (unpaired) electrons. The van der Waals surface area contributed by atoms with Crippen molar-refractivity contribution in [3.05, 3.63) is 17.7 Å². The third-order valence-electron chi connectivity index (χ3n) is 4.54. The van der Waals surface area contributed by atoms with Gasteiger partial charge < -0.3 is 9.88 Å². The Labute approximate surface area is 122 Å². The Bertz CT molecular complexity index is 576. The molecule has 0 unspecified atom stereocenters. The maximum Gasteiger partial charge on any atom is 0.324 e. The highest BCUT2D eigenvalue weighted by Gasteiger charge is 2.31. The topological polar surface area (TPSA) is 70.5 Å². The van der Waals surface area contributed by atoms with Gasteiger partial charge in [-0.1, -0.05) is 0 Å². The molecule has 1 saturated heterocycles. The Morgan fingerprint density at radius 1 is 1.29 bits per heavy atom. The number of imidazole rings is 1. The lowest BCUT2D eigenvalue weighted by Crippen LogP contribution is -2.40. The predicted octanol–water partition coefficient (Wildman–Crippen LogP) is 0.128. The average Bonchev–Trinajstić information content (AvgIpc) is 3.17. The van der Waals surface area contributed by atoms with Crippen molar-refractivity contribution in [3.63, 3.8) is 0 Å². The standard InChI is InChI=1S/C14H19N5O2/c20-13-7-15-14(21)18(13)6-5-17-4-3-12-11(8-17)16-9-19(12)10-1-2-10/h9-10H,1-8H2,(H,15,21). The molecule has 1 aromatic heterocycles. The van der Waals surface area contributed by atoms with Crippen molar-refractivity contribution >= 4 is 11.9 Å². The Morgan fingerprint density at radius 3 is 2.86 bits per heavy atom. The zero-order chi connectivity index (χ0) is 14.4. The van der Waals surface area contributed by atoms with E-state index in [2.05, 4.69) is 19.8 Å². The van der Waals surface area contributed by atoms with E-state index < -0.39 is 0 Å². The van der Waals surface area contributed by atoms with Crippen molar-refractivity contribution in [2.75, 3.05) is 26.2 Å². The van der Waals surface area contributed by atoms with Gasteiger partial charge in [-0.05, 0) is 12.8 Å². The molecule has 0 bridgehead atoms. The first-order chi connectivity index (χ1) is 10.2. The van der Waals surface area contributed by atoms with Gasteiger partial charge in [-0.3, -0.25) is 14.6 Å². The van der Waals surface area contributed by atoms with Crippen LogP contribution in [0.3, 0.4) is 0 Å². The maximum absolute atomic E-state index is 11.5. The van der Waals surface area contributed by atoms with Crippen LogP contribution >= 0.6 is 0 Å². The van der Waals surface area contributed by atoms with E-state index >= 15 is 0 Å². The number of aromatic nitrogens is 2. The summed E-state index contributed by atoms with van der Waals surface area (Å²) >= 11 is 0. The highest BCUT2D eigenvalue weighted by atomic mass is 16.2. The molecule has 2 fully saturated rings. The number of nitrogens with one attached hydrogen (secondary N) is 1. The van der Waals surface area contributed by atoms with Crippen LogP contribution in [-0.2, 0) is 17.8 Å². The number of imide groups is 1. The van der Waals surface area contributed by atoms with Crippen LogP contribution in [0.15, 0.2) is 6.33 Å².